The van der Waals surface area contributed by atoms with Crippen LogP contribution >= 0.6 is 0 Å². The molecule has 0 bridgehead atoms. The molecular formula is C23H28O2. The Hall–Kier alpha value is -2.09. The summed E-state index contributed by atoms with van der Waals surface area (Å²) >= 11 is 0. The van der Waals surface area contributed by atoms with E-state index in [1.807, 2.05) is 18.2 Å². The van der Waals surface area contributed by atoms with Gasteiger partial charge in [-0.1, -0.05) is 57.4 Å². The topological polar surface area (TPSA) is 26.3 Å². The molecule has 0 heterocycles. The van der Waals surface area contributed by atoms with E-state index in [1.54, 1.807) is 6.92 Å². The Labute approximate surface area is 150 Å². The van der Waals surface area contributed by atoms with Crippen molar-refractivity contribution in [3.05, 3.63) is 48.0 Å². The van der Waals surface area contributed by atoms with Crippen LogP contribution in [0.5, 0.6) is 5.75 Å². The van der Waals surface area contributed by atoms with E-state index in [0.29, 0.717) is 12.2 Å². The Balaban J connectivity index is 1.74. The lowest BCUT2D eigenvalue weighted by molar-refractivity contribution is -0.134. The third kappa shape index (κ3) is 4.50. The van der Waals surface area contributed by atoms with Gasteiger partial charge in [0.25, 0.3) is 0 Å². The van der Waals surface area contributed by atoms with Gasteiger partial charge in [-0.25, -0.2) is 0 Å². The van der Waals surface area contributed by atoms with E-state index in [4.69, 9.17) is 4.74 Å². The van der Waals surface area contributed by atoms with Crippen molar-refractivity contribution in [3.63, 3.8) is 0 Å². The van der Waals surface area contributed by atoms with Crippen molar-refractivity contribution < 1.29 is 9.53 Å². The summed E-state index contributed by atoms with van der Waals surface area (Å²) < 4.78 is 5.31. The second kappa shape index (κ2) is 8.33. The Morgan fingerprint density at radius 3 is 2.64 bits per heavy atom. The molecule has 0 saturated carbocycles. The van der Waals surface area contributed by atoms with Gasteiger partial charge in [-0.2, -0.15) is 0 Å². The Kier molecular flexibility index (Phi) is 5.91. The number of allylic oxidation sites excluding steroid dienone is 2. The molecule has 0 spiro atoms. The number of carbonyl (C=O) groups is 1. The number of fused-ring (bicyclic) bond motifs is 1. The van der Waals surface area contributed by atoms with Crippen LogP contribution in [0.15, 0.2) is 42.5 Å². The fraction of sp³-hybridized carbons (Fsp3) is 0.435. The SMILES string of the molecule is CCCCC1CC=C(c2ccc3cc(OC(=O)CC)ccc3c2)CC1. The fourth-order valence-corrected chi connectivity index (χ4v) is 3.60. The first-order valence-corrected chi connectivity index (χ1v) is 9.63. The number of unbranched alkanes of at least 4 members (excludes halogenated alkanes) is 1. The third-order valence-corrected chi connectivity index (χ3v) is 5.19. The average Bonchev–Trinajstić information content (AvgIpc) is 2.66. The lowest BCUT2D eigenvalue weighted by Crippen LogP contribution is -2.05. The second-order valence-corrected chi connectivity index (χ2v) is 7.06. The van der Waals surface area contributed by atoms with Crippen LogP contribution in [-0.4, -0.2) is 5.97 Å². The van der Waals surface area contributed by atoms with Gasteiger partial charge in [-0.3, -0.25) is 4.79 Å². The molecule has 0 radical (unpaired) electrons. The summed E-state index contributed by atoms with van der Waals surface area (Å²) in [6.07, 6.45) is 10.6. The van der Waals surface area contributed by atoms with Gasteiger partial charge < -0.3 is 4.74 Å². The van der Waals surface area contributed by atoms with Gasteiger partial charge in [0, 0.05) is 6.42 Å². The Morgan fingerprint density at radius 2 is 1.92 bits per heavy atom. The lowest BCUT2D eigenvalue weighted by Gasteiger charge is -2.22. The fourth-order valence-electron chi connectivity index (χ4n) is 3.60. The quantitative estimate of drug-likeness (QED) is 0.443. The molecule has 1 unspecified atom stereocenters. The molecule has 0 aromatic heterocycles. The van der Waals surface area contributed by atoms with Crippen molar-refractivity contribution in [3.8, 4) is 5.75 Å². The molecule has 2 nitrogen and oxygen atoms in total. The summed E-state index contributed by atoms with van der Waals surface area (Å²) in [5, 5.41) is 2.31. The second-order valence-electron chi connectivity index (χ2n) is 7.06. The molecule has 2 aromatic rings. The maximum atomic E-state index is 11.4. The Bertz CT molecular complexity index is 773. The van der Waals surface area contributed by atoms with Crippen LogP contribution in [0, 0.1) is 5.92 Å². The number of hydrogen-bond donors (Lipinski definition) is 0. The zero-order valence-electron chi connectivity index (χ0n) is 15.4. The van der Waals surface area contributed by atoms with E-state index in [9.17, 15) is 4.79 Å². The minimum Gasteiger partial charge on any atom is -0.427 e. The summed E-state index contributed by atoms with van der Waals surface area (Å²) in [6, 6.07) is 12.5. The number of carbonyl (C=O) groups excluding carboxylic acids is 1. The third-order valence-electron chi connectivity index (χ3n) is 5.19. The van der Waals surface area contributed by atoms with E-state index in [1.165, 1.54) is 55.0 Å². The van der Waals surface area contributed by atoms with Gasteiger partial charge in [0.2, 0.25) is 0 Å². The number of ether oxygens (including phenoxy) is 1. The summed E-state index contributed by atoms with van der Waals surface area (Å²) in [6.45, 7) is 4.08. The van der Waals surface area contributed by atoms with Crippen LogP contribution in [-0.2, 0) is 4.79 Å². The largest absolute Gasteiger partial charge is 0.427 e. The van der Waals surface area contributed by atoms with Crippen LogP contribution in [0.25, 0.3) is 16.3 Å². The molecule has 0 saturated heterocycles. The van der Waals surface area contributed by atoms with Crippen LogP contribution in [0.1, 0.15) is 64.4 Å². The van der Waals surface area contributed by atoms with Crippen LogP contribution < -0.4 is 4.74 Å². The van der Waals surface area contributed by atoms with E-state index < -0.39 is 0 Å². The van der Waals surface area contributed by atoms with Crippen LogP contribution in [0.2, 0.25) is 0 Å². The molecule has 1 aliphatic rings. The van der Waals surface area contributed by atoms with Gasteiger partial charge in [-0.05, 0) is 65.3 Å². The average molecular weight is 336 g/mol. The molecule has 3 rings (SSSR count). The zero-order chi connectivity index (χ0) is 17.6. The van der Waals surface area contributed by atoms with Gasteiger partial charge in [0.1, 0.15) is 5.75 Å². The summed E-state index contributed by atoms with van der Waals surface area (Å²) in [4.78, 5) is 11.4. The predicted molar refractivity (Wildman–Crippen MR) is 105 cm³/mol. The van der Waals surface area contributed by atoms with Gasteiger partial charge in [-0.15, -0.1) is 0 Å². The van der Waals surface area contributed by atoms with E-state index >= 15 is 0 Å². The zero-order valence-corrected chi connectivity index (χ0v) is 15.4. The lowest BCUT2D eigenvalue weighted by atomic mass is 9.84. The smallest absolute Gasteiger partial charge is 0.310 e. The van der Waals surface area contributed by atoms with Crippen molar-refractivity contribution in [1.82, 2.24) is 0 Å². The van der Waals surface area contributed by atoms with Crippen molar-refractivity contribution in [1.29, 1.82) is 0 Å². The predicted octanol–water partition coefficient (Wildman–Crippen LogP) is 6.53. The highest BCUT2D eigenvalue weighted by Crippen LogP contribution is 2.34. The number of rotatable bonds is 6. The molecule has 25 heavy (non-hydrogen) atoms. The van der Waals surface area contributed by atoms with Crippen LogP contribution in [0.3, 0.4) is 0 Å². The van der Waals surface area contributed by atoms with Gasteiger partial charge >= 0.3 is 5.97 Å². The monoisotopic (exact) mass is 336 g/mol. The molecule has 2 aromatic carbocycles. The highest BCUT2D eigenvalue weighted by atomic mass is 16.5. The molecule has 1 aliphatic carbocycles. The molecule has 0 fully saturated rings. The number of benzene rings is 2. The first kappa shape index (κ1) is 17.7. The summed E-state index contributed by atoms with van der Waals surface area (Å²) in [5.74, 6) is 1.31. The molecular weight excluding hydrogens is 308 g/mol. The first-order chi connectivity index (χ1) is 12.2. The Morgan fingerprint density at radius 1 is 1.12 bits per heavy atom. The van der Waals surface area contributed by atoms with Crippen molar-refractivity contribution in [2.45, 2.75) is 58.8 Å². The minimum atomic E-state index is -0.194. The normalized spacial score (nSPS) is 17.4. The number of hydrogen-bond acceptors (Lipinski definition) is 2. The van der Waals surface area contributed by atoms with Crippen LogP contribution in [0.4, 0.5) is 0 Å². The first-order valence-electron chi connectivity index (χ1n) is 9.63. The molecule has 1 atom stereocenters. The summed E-state index contributed by atoms with van der Waals surface area (Å²) in [5.41, 5.74) is 2.82. The summed E-state index contributed by atoms with van der Waals surface area (Å²) in [7, 11) is 0. The minimum absolute atomic E-state index is 0.194. The number of esters is 1. The molecule has 0 amide bonds. The molecule has 2 heteroatoms. The van der Waals surface area contributed by atoms with E-state index in [2.05, 4.69) is 31.2 Å². The maximum Gasteiger partial charge on any atom is 0.310 e. The maximum absolute atomic E-state index is 11.4. The van der Waals surface area contributed by atoms with E-state index in [0.717, 1.165) is 11.3 Å². The van der Waals surface area contributed by atoms with Gasteiger partial charge in [0.15, 0.2) is 0 Å². The molecule has 0 N–H and O–H groups in total. The van der Waals surface area contributed by atoms with Crippen molar-refractivity contribution in [2.24, 2.45) is 5.92 Å². The highest BCUT2D eigenvalue weighted by Gasteiger charge is 2.15. The van der Waals surface area contributed by atoms with E-state index in [-0.39, 0.29) is 5.97 Å². The molecule has 132 valence electrons. The molecule has 0 aliphatic heterocycles. The van der Waals surface area contributed by atoms with Gasteiger partial charge in [0.05, 0.1) is 0 Å². The van der Waals surface area contributed by atoms with Crippen molar-refractivity contribution in [2.75, 3.05) is 0 Å². The highest BCUT2D eigenvalue weighted by molar-refractivity contribution is 5.88. The standard InChI is InChI=1S/C23H28O2/c1-3-5-6-17-7-9-18(10-8-17)19-11-12-21-16-22(25-23(24)4-2)14-13-20(21)15-19/h9,11-17H,3-8,10H2,1-2H3. The van der Waals surface area contributed by atoms with Crippen molar-refractivity contribution >= 4 is 22.3 Å².